The average Bonchev–Trinajstić information content (AvgIpc) is 2.26. The second kappa shape index (κ2) is 6.23. The second-order valence-corrected chi connectivity index (χ2v) is 4.97. The third kappa shape index (κ3) is 5.52. The lowest BCUT2D eigenvalue weighted by atomic mass is 10.1. The molecule has 0 atom stereocenters. The molecule has 0 aliphatic heterocycles. The zero-order chi connectivity index (χ0) is 13.6. The summed E-state index contributed by atoms with van der Waals surface area (Å²) in [6, 6.07) is 3.61. The molecule has 5 nitrogen and oxygen atoms in total. The number of rotatable bonds is 5. The molecule has 0 saturated heterocycles. The Morgan fingerprint density at radius 1 is 1.39 bits per heavy atom. The number of hydrogen-bond acceptors (Lipinski definition) is 4. The van der Waals surface area contributed by atoms with Crippen molar-refractivity contribution >= 4 is 11.6 Å². The fourth-order valence-electron chi connectivity index (χ4n) is 1.36. The summed E-state index contributed by atoms with van der Waals surface area (Å²) >= 11 is 0. The molecular formula is C13H21N3O2. The molecule has 0 radical (unpaired) electrons. The predicted octanol–water partition coefficient (Wildman–Crippen LogP) is 1.81. The highest BCUT2D eigenvalue weighted by atomic mass is 16.5. The van der Waals surface area contributed by atoms with Gasteiger partial charge >= 0.3 is 0 Å². The minimum Gasteiger partial charge on any atom is -0.478 e. The van der Waals surface area contributed by atoms with Gasteiger partial charge in [-0.15, -0.1) is 0 Å². The standard InChI is InChI=1S/C13H21N3O2/c1-5-18-12-7-6-10(8-15-12)14-9-11(17)16-13(2,3)4/h6-8,14H,5,9H2,1-4H3,(H,16,17). The summed E-state index contributed by atoms with van der Waals surface area (Å²) in [5, 5.41) is 5.88. The molecule has 1 heterocycles. The average molecular weight is 251 g/mol. The van der Waals surface area contributed by atoms with Gasteiger partial charge in [0.25, 0.3) is 0 Å². The molecule has 0 aliphatic carbocycles. The van der Waals surface area contributed by atoms with Gasteiger partial charge in [0, 0.05) is 11.6 Å². The lowest BCUT2D eigenvalue weighted by molar-refractivity contribution is -0.120. The van der Waals surface area contributed by atoms with Crippen molar-refractivity contribution in [2.75, 3.05) is 18.5 Å². The molecule has 2 N–H and O–H groups in total. The number of anilines is 1. The summed E-state index contributed by atoms with van der Waals surface area (Å²) < 4.78 is 5.23. The van der Waals surface area contributed by atoms with E-state index in [4.69, 9.17) is 4.74 Å². The minimum absolute atomic E-state index is 0.0450. The Morgan fingerprint density at radius 3 is 2.61 bits per heavy atom. The fraction of sp³-hybridized carbons (Fsp3) is 0.538. The number of pyridine rings is 1. The summed E-state index contributed by atoms with van der Waals surface area (Å²) in [6.07, 6.45) is 1.65. The van der Waals surface area contributed by atoms with Gasteiger partial charge in [0.05, 0.1) is 25.0 Å². The minimum atomic E-state index is -0.212. The maximum absolute atomic E-state index is 11.6. The van der Waals surface area contributed by atoms with Gasteiger partial charge in [-0.25, -0.2) is 4.98 Å². The van der Waals surface area contributed by atoms with E-state index in [1.165, 1.54) is 0 Å². The van der Waals surface area contributed by atoms with Gasteiger partial charge in [-0.2, -0.15) is 0 Å². The van der Waals surface area contributed by atoms with E-state index in [2.05, 4.69) is 15.6 Å². The Kier molecular flexibility index (Phi) is 4.95. The van der Waals surface area contributed by atoms with Crippen LogP contribution in [0.15, 0.2) is 18.3 Å². The molecule has 0 fully saturated rings. The summed E-state index contributed by atoms with van der Waals surface area (Å²) in [5.74, 6) is 0.540. The van der Waals surface area contributed by atoms with Crippen LogP contribution in [0.5, 0.6) is 5.88 Å². The van der Waals surface area contributed by atoms with Crippen LogP contribution in [-0.2, 0) is 4.79 Å². The van der Waals surface area contributed by atoms with Crippen LogP contribution in [0.4, 0.5) is 5.69 Å². The molecule has 1 rings (SSSR count). The first-order valence-electron chi connectivity index (χ1n) is 6.04. The largest absolute Gasteiger partial charge is 0.478 e. The SMILES string of the molecule is CCOc1ccc(NCC(=O)NC(C)(C)C)cn1. The van der Waals surface area contributed by atoms with Crippen LogP contribution in [0.3, 0.4) is 0 Å². The highest BCUT2D eigenvalue weighted by molar-refractivity contribution is 5.81. The van der Waals surface area contributed by atoms with Crippen molar-refractivity contribution in [2.45, 2.75) is 33.2 Å². The number of carbonyl (C=O) groups is 1. The van der Waals surface area contributed by atoms with E-state index in [0.717, 1.165) is 5.69 Å². The number of hydrogen-bond donors (Lipinski definition) is 2. The molecule has 1 aromatic rings. The van der Waals surface area contributed by atoms with Crippen LogP contribution < -0.4 is 15.4 Å². The van der Waals surface area contributed by atoms with Gasteiger partial charge in [-0.3, -0.25) is 4.79 Å². The van der Waals surface area contributed by atoms with Gasteiger partial charge in [0.2, 0.25) is 11.8 Å². The number of nitrogens with one attached hydrogen (secondary N) is 2. The van der Waals surface area contributed by atoms with Gasteiger partial charge < -0.3 is 15.4 Å². The molecule has 5 heteroatoms. The van der Waals surface area contributed by atoms with Crippen LogP contribution in [0, 0.1) is 0 Å². The van der Waals surface area contributed by atoms with Crippen molar-refractivity contribution in [1.82, 2.24) is 10.3 Å². The van der Waals surface area contributed by atoms with E-state index in [0.29, 0.717) is 12.5 Å². The third-order valence-corrected chi connectivity index (χ3v) is 2.00. The maximum atomic E-state index is 11.6. The molecule has 0 spiro atoms. The Labute approximate surface area is 108 Å². The van der Waals surface area contributed by atoms with E-state index in [1.54, 1.807) is 12.3 Å². The summed E-state index contributed by atoms with van der Waals surface area (Å²) in [4.78, 5) is 15.7. The number of nitrogens with zero attached hydrogens (tertiary/aromatic N) is 1. The zero-order valence-electron chi connectivity index (χ0n) is 11.4. The fourth-order valence-corrected chi connectivity index (χ4v) is 1.36. The highest BCUT2D eigenvalue weighted by Gasteiger charge is 2.12. The van der Waals surface area contributed by atoms with Gasteiger partial charge in [0.15, 0.2) is 0 Å². The monoisotopic (exact) mass is 251 g/mol. The van der Waals surface area contributed by atoms with Crippen molar-refractivity contribution < 1.29 is 9.53 Å². The Balaban J connectivity index is 2.41. The molecule has 0 bridgehead atoms. The van der Waals surface area contributed by atoms with Crippen LogP contribution in [0.2, 0.25) is 0 Å². The Morgan fingerprint density at radius 2 is 2.11 bits per heavy atom. The molecule has 0 saturated carbocycles. The summed E-state index contributed by atoms with van der Waals surface area (Å²) in [7, 11) is 0. The molecule has 1 amide bonds. The van der Waals surface area contributed by atoms with Crippen LogP contribution in [0.1, 0.15) is 27.7 Å². The van der Waals surface area contributed by atoms with E-state index >= 15 is 0 Å². The first-order valence-corrected chi connectivity index (χ1v) is 6.04. The number of carbonyl (C=O) groups excluding carboxylic acids is 1. The number of amides is 1. The Hall–Kier alpha value is -1.78. The van der Waals surface area contributed by atoms with Gasteiger partial charge in [-0.1, -0.05) is 0 Å². The van der Waals surface area contributed by atoms with Crippen molar-refractivity contribution in [3.63, 3.8) is 0 Å². The summed E-state index contributed by atoms with van der Waals surface area (Å²) in [5.41, 5.74) is 0.582. The van der Waals surface area contributed by atoms with Crippen LogP contribution >= 0.6 is 0 Å². The van der Waals surface area contributed by atoms with Crippen molar-refractivity contribution in [3.8, 4) is 5.88 Å². The maximum Gasteiger partial charge on any atom is 0.239 e. The van der Waals surface area contributed by atoms with Crippen molar-refractivity contribution in [3.05, 3.63) is 18.3 Å². The predicted molar refractivity (Wildman–Crippen MR) is 71.8 cm³/mol. The quantitative estimate of drug-likeness (QED) is 0.837. The number of aromatic nitrogens is 1. The number of ether oxygens (including phenoxy) is 1. The summed E-state index contributed by atoms with van der Waals surface area (Å²) in [6.45, 7) is 8.57. The van der Waals surface area contributed by atoms with Gasteiger partial charge in [-0.05, 0) is 33.8 Å². The lowest BCUT2D eigenvalue weighted by Crippen LogP contribution is -2.43. The normalized spacial score (nSPS) is 10.9. The molecule has 0 aromatic carbocycles. The molecular weight excluding hydrogens is 230 g/mol. The van der Waals surface area contributed by atoms with E-state index in [-0.39, 0.29) is 18.0 Å². The molecule has 100 valence electrons. The molecule has 0 unspecified atom stereocenters. The van der Waals surface area contributed by atoms with Crippen molar-refractivity contribution in [2.24, 2.45) is 0 Å². The second-order valence-electron chi connectivity index (χ2n) is 4.97. The first-order chi connectivity index (χ1) is 8.40. The van der Waals surface area contributed by atoms with Crippen LogP contribution in [0.25, 0.3) is 0 Å². The first kappa shape index (κ1) is 14.3. The van der Waals surface area contributed by atoms with E-state index < -0.39 is 0 Å². The molecule has 18 heavy (non-hydrogen) atoms. The molecule has 0 aliphatic rings. The van der Waals surface area contributed by atoms with Crippen LogP contribution in [-0.4, -0.2) is 29.6 Å². The van der Waals surface area contributed by atoms with E-state index in [1.807, 2.05) is 33.8 Å². The van der Waals surface area contributed by atoms with Gasteiger partial charge in [0.1, 0.15) is 0 Å². The molecule has 1 aromatic heterocycles. The Bertz CT molecular complexity index is 382. The van der Waals surface area contributed by atoms with Crippen molar-refractivity contribution in [1.29, 1.82) is 0 Å². The third-order valence-electron chi connectivity index (χ3n) is 2.00. The smallest absolute Gasteiger partial charge is 0.239 e. The highest BCUT2D eigenvalue weighted by Crippen LogP contribution is 2.11. The zero-order valence-corrected chi connectivity index (χ0v) is 11.4. The lowest BCUT2D eigenvalue weighted by Gasteiger charge is -2.20. The van der Waals surface area contributed by atoms with E-state index in [9.17, 15) is 4.79 Å². The topological polar surface area (TPSA) is 63.2 Å².